The van der Waals surface area contributed by atoms with E-state index in [1.54, 1.807) is 0 Å². The van der Waals surface area contributed by atoms with Crippen molar-refractivity contribution in [3.05, 3.63) is 35.9 Å². The molecule has 2 amide bonds. The summed E-state index contributed by atoms with van der Waals surface area (Å²) in [5.74, 6) is -0.0342. The highest BCUT2D eigenvalue weighted by molar-refractivity contribution is 5.89. The third-order valence-electron chi connectivity index (χ3n) is 5.20. The molecule has 2 aliphatic rings. The van der Waals surface area contributed by atoms with E-state index in [1.807, 2.05) is 42.2 Å². The summed E-state index contributed by atoms with van der Waals surface area (Å²) >= 11 is 0. The predicted molar refractivity (Wildman–Crippen MR) is 89.7 cm³/mol. The fourth-order valence-electron chi connectivity index (χ4n) is 3.81. The fraction of sp³-hybridized carbons (Fsp3) is 0.579. The molecule has 4 nitrogen and oxygen atoms in total. The number of carbonyl (C=O) groups is 2. The summed E-state index contributed by atoms with van der Waals surface area (Å²) in [6, 6.07) is 10.3. The Morgan fingerprint density at radius 3 is 2.57 bits per heavy atom. The molecular weight excluding hydrogens is 288 g/mol. The molecule has 1 aromatic rings. The van der Waals surface area contributed by atoms with E-state index in [-0.39, 0.29) is 23.8 Å². The molecular formula is C19H26N2O2. The Bertz CT molecular complexity index is 552. The Hall–Kier alpha value is -1.84. The van der Waals surface area contributed by atoms with Gasteiger partial charge in [-0.05, 0) is 25.3 Å². The van der Waals surface area contributed by atoms with Crippen molar-refractivity contribution in [2.75, 3.05) is 6.54 Å². The standard InChI is InChI=1S/C19H26N2O2/c1-14(15-8-4-2-5-9-15)20-19(23)16-12-18(22)21(13-16)17-10-6-3-7-11-17/h2,4-5,8-9,14,16-17H,3,6-7,10-13H2,1H3,(H,20,23)/t14-,16-/m0/s1. The number of rotatable bonds is 4. The van der Waals surface area contributed by atoms with Crippen molar-refractivity contribution in [2.24, 2.45) is 5.92 Å². The largest absolute Gasteiger partial charge is 0.349 e. The number of nitrogens with zero attached hydrogens (tertiary/aromatic N) is 1. The zero-order valence-corrected chi connectivity index (χ0v) is 13.8. The summed E-state index contributed by atoms with van der Waals surface area (Å²) in [6.45, 7) is 2.58. The minimum atomic E-state index is -0.199. The Morgan fingerprint density at radius 2 is 1.87 bits per heavy atom. The van der Waals surface area contributed by atoms with Gasteiger partial charge in [0.2, 0.25) is 11.8 Å². The molecule has 1 saturated carbocycles. The lowest BCUT2D eigenvalue weighted by Gasteiger charge is -2.31. The van der Waals surface area contributed by atoms with Crippen LogP contribution in [0, 0.1) is 5.92 Å². The van der Waals surface area contributed by atoms with Gasteiger partial charge >= 0.3 is 0 Å². The average Bonchev–Trinajstić information content (AvgIpc) is 2.98. The van der Waals surface area contributed by atoms with Crippen LogP contribution in [0.1, 0.15) is 57.1 Å². The van der Waals surface area contributed by atoms with E-state index in [0.717, 1.165) is 18.4 Å². The first-order valence-electron chi connectivity index (χ1n) is 8.80. The molecule has 0 spiro atoms. The summed E-state index contributed by atoms with van der Waals surface area (Å²) in [6.07, 6.45) is 6.24. The number of likely N-dealkylation sites (tertiary alicyclic amines) is 1. The molecule has 1 aliphatic heterocycles. The number of benzene rings is 1. The summed E-state index contributed by atoms with van der Waals surface area (Å²) in [5, 5.41) is 3.06. The normalized spacial score (nSPS) is 23.8. The lowest BCUT2D eigenvalue weighted by molar-refractivity contribution is -0.130. The van der Waals surface area contributed by atoms with Gasteiger partial charge in [-0.15, -0.1) is 0 Å². The van der Waals surface area contributed by atoms with Gasteiger partial charge in [0, 0.05) is 19.0 Å². The summed E-state index contributed by atoms with van der Waals surface area (Å²) < 4.78 is 0. The quantitative estimate of drug-likeness (QED) is 0.928. The molecule has 0 unspecified atom stereocenters. The van der Waals surface area contributed by atoms with Crippen LogP contribution in [-0.2, 0) is 9.59 Å². The first-order chi connectivity index (χ1) is 11.1. The SMILES string of the molecule is C[C@H](NC(=O)[C@H]1CC(=O)N(C2CCCCC2)C1)c1ccccc1. The number of hydrogen-bond acceptors (Lipinski definition) is 2. The molecule has 23 heavy (non-hydrogen) atoms. The minimum absolute atomic E-state index is 0.00742. The average molecular weight is 314 g/mol. The summed E-state index contributed by atoms with van der Waals surface area (Å²) in [5.41, 5.74) is 1.09. The van der Waals surface area contributed by atoms with Crippen LogP contribution in [0.4, 0.5) is 0 Å². The maximum absolute atomic E-state index is 12.5. The predicted octanol–water partition coefficient (Wildman–Crippen LogP) is 3.05. The third-order valence-corrected chi connectivity index (χ3v) is 5.20. The lowest BCUT2D eigenvalue weighted by Crippen LogP contribution is -2.39. The van der Waals surface area contributed by atoms with Crippen molar-refractivity contribution in [2.45, 2.75) is 57.5 Å². The highest BCUT2D eigenvalue weighted by atomic mass is 16.2. The zero-order valence-electron chi connectivity index (χ0n) is 13.8. The maximum atomic E-state index is 12.5. The summed E-state index contributed by atoms with van der Waals surface area (Å²) in [4.78, 5) is 26.8. The number of carbonyl (C=O) groups excluding carboxylic acids is 2. The van der Waals surface area contributed by atoms with E-state index in [4.69, 9.17) is 0 Å². The Labute approximate surface area is 138 Å². The highest BCUT2D eigenvalue weighted by Crippen LogP contribution is 2.29. The third kappa shape index (κ3) is 3.74. The lowest BCUT2D eigenvalue weighted by atomic mass is 9.94. The Morgan fingerprint density at radius 1 is 1.17 bits per heavy atom. The number of nitrogens with one attached hydrogen (secondary N) is 1. The van der Waals surface area contributed by atoms with Crippen LogP contribution in [0.25, 0.3) is 0 Å². The van der Waals surface area contributed by atoms with Crippen molar-refractivity contribution >= 4 is 11.8 Å². The van der Waals surface area contributed by atoms with Gasteiger partial charge in [-0.25, -0.2) is 0 Å². The first-order valence-corrected chi connectivity index (χ1v) is 8.80. The van der Waals surface area contributed by atoms with E-state index < -0.39 is 0 Å². The Balaban J connectivity index is 1.57. The van der Waals surface area contributed by atoms with Crippen molar-refractivity contribution in [1.82, 2.24) is 10.2 Å². The van der Waals surface area contributed by atoms with Gasteiger partial charge in [0.05, 0.1) is 12.0 Å². The minimum Gasteiger partial charge on any atom is -0.349 e. The van der Waals surface area contributed by atoms with E-state index in [0.29, 0.717) is 19.0 Å². The molecule has 0 radical (unpaired) electrons. The van der Waals surface area contributed by atoms with Crippen LogP contribution in [0.2, 0.25) is 0 Å². The van der Waals surface area contributed by atoms with Crippen LogP contribution >= 0.6 is 0 Å². The van der Waals surface area contributed by atoms with Crippen LogP contribution in [0.15, 0.2) is 30.3 Å². The van der Waals surface area contributed by atoms with Crippen LogP contribution < -0.4 is 5.32 Å². The van der Waals surface area contributed by atoms with Crippen molar-refractivity contribution in [3.63, 3.8) is 0 Å². The second-order valence-electron chi connectivity index (χ2n) is 6.88. The van der Waals surface area contributed by atoms with Gasteiger partial charge in [0.25, 0.3) is 0 Å². The van der Waals surface area contributed by atoms with Crippen LogP contribution in [0.5, 0.6) is 0 Å². The Kier molecular flexibility index (Phi) is 4.99. The highest BCUT2D eigenvalue weighted by Gasteiger charge is 2.38. The van der Waals surface area contributed by atoms with Gasteiger partial charge in [-0.1, -0.05) is 49.6 Å². The second-order valence-corrected chi connectivity index (χ2v) is 6.88. The van der Waals surface area contributed by atoms with Crippen molar-refractivity contribution in [3.8, 4) is 0 Å². The van der Waals surface area contributed by atoms with Gasteiger partial charge in [0.15, 0.2) is 0 Å². The molecule has 1 aromatic carbocycles. The molecule has 1 heterocycles. The smallest absolute Gasteiger partial charge is 0.225 e. The van der Waals surface area contributed by atoms with E-state index in [9.17, 15) is 9.59 Å². The van der Waals surface area contributed by atoms with Crippen LogP contribution in [0.3, 0.4) is 0 Å². The maximum Gasteiger partial charge on any atom is 0.225 e. The van der Waals surface area contributed by atoms with Crippen molar-refractivity contribution in [1.29, 1.82) is 0 Å². The molecule has 2 fully saturated rings. The first kappa shape index (κ1) is 16.0. The molecule has 1 aliphatic carbocycles. The van der Waals surface area contributed by atoms with E-state index >= 15 is 0 Å². The molecule has 2 atom stereocenters. The topological polar surface area (TPSA) is 49.4 Å². The van der Waals surface area contributed by atoms with E-state index in [2.05, 4.69) is 5.32 Å². The van der Waals surface area contributed by atoms with E-state index in [1.165, 1.54) is 19.3 Å². The molecule has 1 saturated heterocycles. The zero-order chi connectivity index (χ0) is 16.2. The van der Waals surface area contributed by atoms with Gasteiger partial charge < -0.3 is 10.2 Å². The number of hydrogen-bond donors (Lipinski definition) is 1. The molecule has 124 valence electrons. The van der Waals surface area contributed by atoms with Gasteiger partial charge in [-0.3, -0.25) is 9.59 Å². The molecule has 0 bridgehead atoms. The van der Waals surface area contributed by atoms with Crippen LogP contribution in [-0.4, -0.2) is 29.3 Å². The van der Waals surface area contributed by atoms with Gasteiger partial charge in [0.1, 0.15) is 0 Å². The second kappa shape index (κ2) is 7.16. The number of amides is 2. The molecule has 0 aromatic heterocycles. The summed E-state index contributed by atoms with van der Waals surface area (Å²) in [7, 11) is 0. The molecule has 3 rings (SSSR count). The fourth-order valence-corrected chi connectivity index (χ4v) is 3.81. The monoisotopic (exact) mass is 314 g/mol. The van der Waals surface area contributed by atoms with Crippen molar-refractivity contribution < 1.29 is 9.59 Å². The molecule has 1 N–H and O–H groups in total. The molecule has 4 heteroatoms. The van der Waals surface area contributed by atoms with Gasteiger partial charge in [-0.2, -0.15) is 0 Å².